The van der Waals surface area contributed by atoms with Gasteiger partial charge in [0, 0.05) is 25.3 Å². The molecule has 0 radical (unpaired) electrons. The molecule has 0 bridgehead atoms. The van der Waals surface area contributed by atoms with Gasteiger partial charge in [0.2, 0.25) is 5.89 Å². The molecule has 2 amide bonds. The van der Waals surface area contributed by atoms with Crippen LogP contribution in [0.2, 0.25) is 0 Å². The summed E-state index contributed by atoms with van der Waals surface area (Å²) in [6.07, 6.45) is 2.45. The number of hydrogen-bond donors (Lipinski definition) is 2. The fourth-order valence-electron chi connectivity index (χ4n) is 2.90. The van der Waals surface area contributed by atoms with E-state index in [4.69, 9.17) is 4.52 Å². The predicted octanol–water partition coefficient (Wildman–Crippen LogP) is 2.54. The normalized spacial score (nSPS) is 15.3. The number of anilines is 1. The number of carbonyl (C=O) groups excluding carboxylic acids is 1. The minimum atomic E-state index is -0.333. The van der Waals surface area contributed by atoms with Gasteiger partial charge in [-0.25, -0.2) is 4.79 Å². The highest BCUT2D eigenvalue weighted by atomic mass is 16.5. The standard InChI is InChI=1S/C17H23N5O2/c1-12(16-20-13(2)21-24-16)19-17(23)18-11-14-7-3-4-8-15(14)22-9-5-6-10-22/h3-4,7-8,12H,5-6,9-11H2,1-2H3,(H2,18,19,23). The predicted molar refractivity (Wildman–Crippen MR) is 90.7 cm³/mol. The van der Waals surface area contributed by atoms with Gasteiger partial charge in [0.1, 0.15) is 6.04 Å². The van der Waals surface area contributed by atoms with Crippen LogP contribution in [0, 0.1) is 6.92 Å². The molecule has 1 aliphatic rings. The smallest absolute Gasteiger partial charge is 0.315 e. The molecule has 0 aliphatic carbocycles. The highest BCUT2D eigenvalue weighted by molar-refractivity contribution is 5.74. The molecule has 1 aromatic heterocycles. The Labute approximate surface area is 141 Å². The molecule has 1 atom stereocenters. The number of aromatic nitrogens is 2. The molecule has 128 valence electrons. The number of aryl methyl sites for hydroxylation is 1. The first-order valence-electron chi connectivity index (χ1n) is 8.31. The first kappa shape index (κ1) is 16.3. The number of hydrogen-bond acceptors (Lipinski definition) is 5. The van der Waals surface area contributed by atoms with E-state index in [9.17, 15) is 4.79 Å². The molecular weight excluding hydrogens is 306 g/mol. The minimum absolute atomic E-state index is 0.255. The van der Waals surface area contributed by atoms with Crippen LogP contribution in [-0.4, -0.2) is 29.3 Å². The molecule has 3 rings (SSSR count). The van der Waals surface area contributed by atoms with Crippen molar-refractivity contribution in [3.63, 3.8) is 0 Å². The molecule has 1 aromatic carbocycles. The third kappa shape index (κ3) is 3.84. The Balaban J connectivity index is 1.56. The van der Waals surface area contributed by atoms with E-state index < -0.39 is 0 Å². The zero-order chi connectivity index (χ0) is 16.9. The van der Waals surface area contributed by atoms with Crippen molar-refractivity contribution in [2.75, 3.05) is 18.0 Å². The number of benzene rings is 1. The zero-order valence-corrected chi connectivity index (χ0v) is 14.1. The Morgan fingerprint density at radius 2 is 2.08 bits per heavy atom. The summed E-state index contributed by atoms with van der Waals surface area (Å²) in [5, 5.41) is 9.44. The van der Waals surface area contributed by atoms with Gasteiger partial charge in [0.05, 0.1) is 0 Å². The van der Waals surface area contributed by atoms with E-state index in [1.54, 1.807) is 6.92 Å². The second-order valence-electron chi connectivity index (χ2n) is 6.05. The van der Waals surface area contributed by atoms with E-state index >= 15 is 0 Å². The topological polar surface area (TPSA) is 83.3 Å². The second-order valence-corrected chi connectivity index (χ2v) is 6.05. The Bertz CT molecular complexity index is 694. The number of urea groups is 1. The average Bonchev–Trinajstić information content (AvgIpc) is 3.24. The van der Waals surface area contributed by atoms with Gasteiger partial charge >= 0.3 is 6.03 Å². The fourth-order valence-corrected chi connectivity index (χ4v) is 2.90. The van der Waals surface area contributed by atoms with Crippen LogP contribution in [0.1, 0.15) is 43.1 Å². The Morgan fingerprint density at radius 3 is 2.79 bits per heavy atom. The monoisotopic (exact) mass is 329 g/mol. The summed E-state index contributed by atoms with van der Waals surface area (Å²) >= 11 is 0. The molecule has 1 saturated heterocycles. The van der Waals surface area contributed by atoms with Crippen molar-refractivity contribution in [1.29, 1.82) is 0 Å². The van der Waals surface area contributed by atoms with Crippen molar-refractivity contribution < 1.29 is 9.32 Å². The van der Waals surface area contributed by atoms with Crippen molar-refractivity contribution in [2.45, 2.75) is 39.3 Å². The van der Waals surface area contributed by atoms with Crippen LogP contribution in [-0.2, 0) is 6.54 Å². The number of para-hydroxylation sites is 1. The lowest BCUT2D eigenvalue weighted by Gasteiger charge is -2.21. The lowest BCUT2D eigenvalue weighted by Crippen LogP contribution is -2.37. The van der Waals surface area contributed by atoms with Gasteiger partial charge in [-0.1, -0.05) is 23.4 Å². The molecule has 0 saturated carbocycles. The van der Waals surface area contributed by atoms with Gasteiger partial charge in [-0.2, -0.15) is 4.98 Å². The van der Waals surface area contributed by atoms with Crippen LogP contribution in [0.5, 0.6) is 0 Å². The second kappa shape index (κ2) is 7.33. The van der Waals surface area contributed by atoms with Crippen LogP contribution in [0.4, 0.5) is 10.5 Å². The van der Waals surface area contributed by atoms with Gasteiger partial charge in [-0.05, 0) is 38.3 Å². The van der Waals surface area contributed by atoms with Crippen LogP contribution in [0.25, 0.3) is 0 Å². The van der Waals surface area contributed by atoms with Gasteiger partial charge in [0.15, 0.2) is 5.82 Å². The summed E-state index contributed by atoms with van der Waals surface area (Å²) in [6, 6.07) is 7.62. The lowest BCUT2D eigenvalue weighted by molar-refractivity contribution is 0.233. The Morgan fingerprint density at radius 1 is 1.33 bits per heavy atom. The number of rotatable bonds is 5. The van der Waals surface area contributed by atoms with Crippen molar-refractivity contribution in [3.05, 3.63) is 41.5 Å². The van der Waals surface area contributed by atoms with Crippen LogP contribution < -0.4 is 15.5 Å². The summed E-state index contributed by atoms with van der Waals surface area (Å²) in [5.74, 6) is 0.957. The first-order valence-corrected chi connectivity index (χ1v) is 8.31. The van der Waals surface area contributed by atoms with Crippen LogP contribution >= 0.6 is 0 Å². The Hall–Kier alpha value is -2.57. The van der Waals surface area contributed by atoms with Gasteiger partial charge in [-0.15, -0.1) is 0 Å². The van der Waals surface area contributed by atoms with Crippen molar-refractivity contribution >= 4 is 11.7 Å². The van der Waals surface area contributed by atoms with E-state index in [1.165, 1.54) is 18.5 Å². The summed E-state index contributed by atoms with van der Waals surface area (Å²) in [5.41, 5.74) is 2.33. The van der Waals surface area contributed by atoms with Crippen molar-refractivity contribution in [1.82, 2.24) is 20.8 Å². The molecule has 7 heteroatoms. The van der Waals surface area contributed by atoms with E-state index in [-0.39, 0.29) is 12.1 Å². The molecule has 0 spiro atoms. The fraction of sp³-hybridized carbons (Fsp3) is 0.471. The molecule has 2 aromatic rings. The third-order valence-electron chi connectivity index (χ3n) is 4.14. The molecule has 1 fully saturated rings. The van der Waals surface area contributed by atoms with E-state index in [0.717, 1.165) is 18.7 Å². The van der Waals surface area contributed by atoms with Crippen molar-refractivity contribution in [2.24, 2.45) is 0 Å². The summed E-state index contributed by atoms with van der Waals surface area (Å²) < 4.78 is 5.07. The maximum Gasteiger partial charge on any atom is 0.315 e. The van der Waals surface area contributed by atoms with Gasteiger partial charge in [0.25, 0.3) is 0 Å². The Kier molecular flexibility index (Phi) is 4.98. The quantitative estimate of drug-likeness (QED) is 0.881. The summed E-state index contributed by atoms with van der Waals surface area (Å²) in [4.78, 5) is 18.6. The van der Waals surface area contributed by atoms with Gasteiger partial charge in [-0.3, -0.25) is 0 Å². The molecular formula is C17H23N5O2. The summed E-state index contributed by atoms with van der Waals surface area (Å²) in [6.45, 7) is 6.20. The maximum absolute atomic E-state index is 12.1. The largest absolute Gasteiger partial charge is 0.371 e. The lowest BCUT2D eigenvalue weighted by atomic mass is 10.1. The van der Waals surface area contributed by atoms with Gasteiger partial charge < -0.3 is 20.1 Å². The van der Waals surface area contributed by atoms with Crippen LogP contribution in [0.15, 0.2) is 28.8 Å². The molecule has 1 unspecified atom stereocenters. The number of carbonyl (C=O) groups is 1. The highest BCUT2D eigenvalue weighted by Crippen LogP contribution is 2.24. The first-order chi connectivity index (χ1) is 11.6. The molecule has 24 heavy (non-hydrogen) atoms. The zero-order valence-electron chi connectivity index (χ0n) is 14.1. The van der Waals surface area contributed by atoms with E-state index in [0.29, 0.717) is 18.3 Å². The summed E-state index contributed by atoms with van der Waals surface area (Å²) in [7, 11) is 0. The number of nitrogens with one attached hydrogen (secondary N) is 2. The maximum atomic E-state index is 12.1. The van der Waals surface area contributed by atoms with E-state index in [1.807, 2.05) is 19.1 Å². The molecule has 2 heterocycles. The third-order valence-corrected chi connectivity index (χ3v) is 4.14. The molecule has 2 N–H and O–H groups in total. The number of amides is 2. The number of nitrogens with zero attached hydrogens (tertiary/aromatic N) is 3. The molecule has 7 nitrogen and oxygen atoms in total. The highest BCUT2D eigenvalue weighted by Gasteiger charge is 2.17. The van der Waals surface area contributed by atoms with Crippen molar-refractivity contribution in [3.8, 4) is 0 Å². The molecule has 1 aliphatic heterocycles. The average molecular weight is 329 g/mol. The van der Waals surface area contributed by atoms with Crippen LogP contribution in [0.3, 0.4) is 0 Å². The minimum Gasteiger partial charge on any atom is -0.371 e. The van der Waals surface area contributed by atoms with E-state index in [2.05, 4.69) is 37.8 Å². The SMILES string of the molecule is Cc1noc(C(C)NC(=O)NCc2ccccc2N2CCCC2)n1.